The fraction of sp³-hybridized carbons (Fsp3) is 0.263. The number of aryl methyl sites for hydroxylation is 1. The van der Waals surface area contributed by atoms with Crippen LogP contribution in [0.5, 0.6) is 5.75 Å². The highest BCUT2D eigenvalue weighted by molar-refractivity contribution is 6.05. The predicted octanol–water partition coefficient (Wildman–Crippen LogP) is 3.39. The number of anilines is 1. The van der Waals surface area contributed by atoms with Crippen molar-refractivity contribution in [3.63, 3.8) is 0 Å². The molecule has 24 heavy (non-hydrogen) atoms. The molecule has 5 nitrogen and oxygen atoms in total. The Hall–Kier alpha value is -2.82. The lowest BCUT2D eigenvalue weighted by molar-refractivity contribution is 0.0941. The lowest BCUT2D eigenvalue weighted by Crippen LogP contribution is -2.30. The van der Waals surface area contributed by atoms with Crippen LogP contribution in [0.25, 0.3) is 0 Å². The summed E-state index contributed by atoms with van der Waals surface area (Å²) in [6.07, 6.45) is 0. The molecule has 0 saturated heterocycles. The molecule has 0 fully saturated rings. The number of hydrogen-bond acceptors (Lipinski definition) is 3. The maximum atomic E-state index is 12.4. The molecule has 2 amide bonds. The van der Waals surface area contributed by atoms with Crippen LogP contribution in [0.1, 0.15) is 40.1 Å². The molecule has 0 saturated carbocycles. The van der Waals surface area contributed by atoms with Crippen LogP contribution in [0.15, 0.2) is 42.5 Å². The minimum absolute atomic E-state index is 0.0641. The van der Waals surface area contributed by atoms with Gasteiger partial charge < -0.3 is 15.4 Å². The zero-order valence-electron chi connectivity index (χ0n) is 14.3. The summed E-state index contributed by atoms with van der Waals surface area (Å²) in [5.74, 6) is 0.189. The molecule has 2 rings (SSSR count). The van der Waals surface area contributed by atoms with Crippen molar-refractivity contribution in [1.29, 1.82) is 0 Å². The van der Waals surface area contributed by atoms with E-state index in [0.29, 0.717) is 22.6 Å². The van der Waals surface area contributed by atoms with Crippen LogP contribution in [-0.4, -0.2) is 25.0 Å². The Morgan fingerprint density at radius 3 is 2.08 bits per heavy atom. The van der Waals surface area contributed by atoms with Gasteiger partial charge in [-0.2, -0.15) is 0 Å². The van der Waals surface area contributed by atoms with Crippen molar-refractivity contribution >= 4 is 17.5 Å². The summed E-state index contributed by atoms with van der Waals surface area (Å²) in [7, 11) is 1.56. The lowest BCUT2D eigenvalue weighted by Gasteiger charge is -2.12. The van der Waals surface area contributed by atoms with E-state index < -0.39 is 0 Å². The Balaban J connectivity index is 2.13. The third kappa shape index (κ3) is 4.35. The molecule has 0 aliphatic carbocycles. The number of benzene rings is 2. The fourth-order valence-electron chi connectivity index (χ4n) is 2.23. The second-order valence-corrected chi connectivity index (χ2v) is 5.86. The van der Waals surface area contributed by atoms with Gasteiger partial charge in [0.05, 0.1) is 12.8 Å². The van der Waals surface area contributed by atoms with Crippen LogP contribution in [0.3, 0.4) is 0 Å². The van der Waals surface area contributed by atoms with E-state index in [1.807, 2.05) is 39.0 Å². The largest absolute Gasteiger partial charge is 0.495 e. The third-order valence-corrected chi connectivity index (χ3v) is 3.43. The van der Waals surface area contributed by atoms with E-state index in [9.17, 15) is 9.59 Å². The molecule has 0 aliphatic rings. The zero-order valence-corrected chi connectivity index (χ0v) is 14.3. The number of methoxy groups -OCH3 is 1. The normalized spacial score (nSPS) is 10.4. The molecule has 0 unspecified atom stereocenters. The molecule has 0 radical (unpaired) electrons. The minimum atomic E-state index is -0.255. The van der Waals surface area contributed by atoms with Crippen LogP contribution in [0, 0.1) is 6.92 Å². The van der Waals surface area contributed by atoms with E-state index in [1.54, 1.807) is 31.4 Å². The average Bonchev–Trinajstić information content (AvgIpc) is 2.54. The Morgan fingerprint density at radius 1 is 0.958 bits per heavy atom. The average molecular weight is 326 g/mol. The predicted molar refractivity (Wildman–Crippen MR) is 94.7 cm³/mol. The molecule has 0 aliphatic heterocycles. The van der Waals surface area contributed by atoms with Crippen LogP contribution in [-0.2, 0) is 0 Å². The summed E-state index contributed by atoms with van der Waals surface area (Å²) in [5, 5.41) is 5.65. The van der Waals surface area contributed by atoms with E-state index in [0.717, 1.165) is 5.56 Å². The number of ether oxygens (including phenoxy) is 1. The lowest BCUT2D eigenvalue weighted by atomic mass is 10.1. The van der Waals surface area contributed by atoms with Gasteiger partial charge >= 0.3 is 0 Å². The molecular weight excluding hydrogens is 304 g/mol. The van der Waals surface area contributed by atoms with Gasteiger partial charge in [-0.25, -0.2) is 0 Å². The number of carbonyl (C=O) groups excluding carboxylic acids is 2. The van der Waals surface area contributed by atoms with Gasteiger partial charge in [-0.3, -0.25) is 9.59 Å². The number of amides is 2. The summed E-state index contributed by atoms with van der Waals surface area (Å²) in [5.41, 5.74) is 2.63. The monoisotopic (exact) mass is 326 g/mol. The van der Waals surface area contributed by atoms with Gasteiger partial charge in [0, 0.05) is 17.2 Å². The van der Waals surface area contributed by atoms with E-state index in [2.05, 4.69) is 10.6 Å². The summed E-state index contributed by atoms with van der Waals surface area (Å²) in [6, 6.07) is 12.2. The molecule has 2 aromatic rings. The molecule has 2 N–H and O–H groups in total. The third-order valence-electron chi connectivity index (χ3n) is 3.43. The summed E-state index contributed by atoms with van der Waals surface area (Å²) in [6.45, 7) is 5.74. The van der Waals surface area contributed by atoms with Gasteiger partial charge in [-0.05, 0) is 62.7 Å². The molecule has 0 bridgehead atoms. The number of carbonyl (C=O) groups is 2. The van der Waals surface area contributed by atoms with Gasteiger partial charge in [0.25, 0.3) is 11.8 Å². The van der Waals surface area contributed by atoms with Crippen LogP contribution in [0.4, 0.5) is 5.69 Å². The van der Waals surface area contributed by atoms with E-state index in [-0.39, 0.29) is 17.9 Å². The van der Waals surface area contributed by atoms with Crippen molar-refractivity contribution in [1.82, 2.24) is 5.32 Å². The SMILES string of the molecule is COc1ccc(C)cc1NC(=O)c1ccc(C(=O)NC(C)C)cc1. The van der Waals surface area contributed by atoms with E-state index in [4.69, 9.17) is 4.74 Å². The quantitative estimate of drug-likeness (QED) is 0.885. The van der Waals surface area contributed by atoms with Gasteiger partial charge in [0.1, 0.15) is 5.75 Å². The Labute approximate surface area is 142 Å². The summed E-state index contributed by atoms with van der Waals surface area (Å²) >= 11 is 0. The number of nitrogens with one attached hydrogen (secondary N) is 2. The zero-order chi connectivity index (χ0) is 17.7. The van der Waals surface area contributed by atoms with Gasteiger partial charge in [0.2, 0.25) is 0 Å². The van der Waals surface area contributed by atoms with E-state index in [1.165, 1.54) is 0 Å². The van der Waals surface area contributed by atoms with Crippen molar-refractivity contribution in [2.24, 2.45) is 0 Å². The van der Waals surface area contributed by atoms with Gasteiger partial charge in [0.15, 0.2) is 0 Å². The first-order valence-electron chi connectivity index (χ1n) is 7.77. The standard InChI is InChI=1S/C19H22N2O3/c1-12(2)20-18(22)14-6-8-15(9-7-14)19(23)21-16-11-13(3)5-10-17(16)24-4/h5-12H,1-4H3,(H,20,22)(H,21,23). The minimum Gasteiger partial charge on any atom is -0.495 e. The van der Waals surface area contributed by atoms with Crippen LogP contribution < -0.4 is 15.4 Å². The van der Waals surface area contributed by atoms with E-state index >= 15 is 0 Å². The summed E-state index contributed by atoms with van der Waals surface area (Å²) < 4.78 is 5.26. The summed E-state index contributed by atoms with van der Waals surface area (Å²) in [4.78, 5) is 24.3. The van der Waals surface area contributed by atoms with Crippen molar-refractivity contribution in [2.75, 3.05) is 12.4 Å². The molecular formula is C19H22N2O3. The van der Waals surface area contributed by atoms with Gasteiger partial charge in [-0.1, -0.05) is 6.07 Å². The Bertz CT molecular complexity index is 737. The highest BCUT2D eigenvalue weighted by Crippen LogP contribution is 2.25. The fourth-order valence-corrected chi connectivity index (χ4v) is 2.23. The first-order chi connectivity index (χ1) is 11.4. The molecule has 0 aromatic heterocycles. The maximum absolute atomic E-state index is 12.4. The molecule has 0 heterocycles. The topological polar surface area (TPSA) is 67.4 Å². The Morgan fingerprint density at radius 2 is 1.54 bits per heavy atom. The first kappa shape index (κ1) is 17.5. The highest BCUT2D eigenvalue weighted by Gasteiger charge is 2.12. The molecule has 0 atom stereocenters. The van der Waals surface area contributed by atoms with Crippen molar-refractivity contribution in [3.8, 4) is 5.75 Å². The van der Waals surface area contributed by atoms with Crippen molar-refractivity contribution in [2.45, 2.75) is 26.8 Å². The molecule has 2 aromatic carbocycles. The smallest absolute Gasteiger partial charge is 0.255 e. The molecule has 126 valence electrons. The molecule has 5 heteroatoms. The maximum Gasteiger partial charge on any atom is 0.255 e. The van der Waals surface area contributed by atoms with Gasteiger partial charge in [-0.15, -0.1) is 0 Å². The first-order valence-corrected chi connectivity index (χ1v) is 7.77. The van der Waals surface area contributed by atoms with Crippen LogP contribution >= 0.6 is 0 Å². The second kappa shape index (κ2) is 7.64. The highest BCUT2D eigenvalue weighted by atomic mass is 16.5. The number of hydrogen-bond donors (Lipinski definition) is 2. The van der Waals surface area contributed by atoms with Crippen molar-refractivity contribution < 1.29 is 14.3 Å². The Kier molecular flexibility index (Phi) is 5.58. The van der Waals surface area contributed by atoms with Crippen molar-refractivity contribution in [3.05, 3.63) is 59.2 Å². The second-order valence-electron chi connectivity index (χ2n) is 5.86. The molecule has 0 spiro atoms. The van der Waals surface area contributed by atoms with Crippen LogP contribution in [0.2, 0.25) is 0 Å². The number of rotatable bonds is 5.